The summed E-state index contributed by atoms with van der Waals surface area (Å²) < 4.78 is 0. The van der Waals surface area contributed by atoms with E-state index in [4.69, 9.17) is 0 Å². The Morgan fingerprint density at radius 3 is 1.61 bits per heavy atom. The first-order valence-electron chi connectivity index (χ1n) is 8.20. The predicted octanol–water partition coefficient (Wildman–Crippen LogP) is 6.36. The topological polar surface area (TPSA) is 0 Å². The third kappa shape index (κ3) is 3.43. The fraction of sp³-hybridized carbons (Fsp3) is 0.130. The monoisotopic (exact) mass is 298 g/mol. The lowest BCUT2D eigenvalue weighted by molar-refractivity contribution is 1.24. The van der Waals surface area contributed by atoms with Gasteiger partial charge in [-0.25, -0.2) is 0 Å². The van der Waals surface area contributed by atoms with E-state index < -0.39 is 0 Å². The summed E-state index contributed by atoms with van der Waals surface area (Å²) in [5.74, 6) is 0. The number of hydrogen-bond acceptors (Lipinski definition) is 0. The molecule has 0 saturated carbocycles. The van der Waals surface area contributed by atoms with Crippen molar-refractivity contribution in [1.29, 1.82) is 0 Å². The highest BCUT2D eigenvalue weighted by molar-refractivity contribution is 5.98. The molecule has 0 atom stereocenters. The van der Waals surface area contributed by atoms with E-state index in [1.807, 2.05) is 0 Å². The molecular weight excluding hydrogens is 276 g/mol. The average molecular weight is 298 g/mol. The lowest BCUT2D eigenvalue weighted by Crippen LogP contribution is -1.95. The van der Waals surface area contributed by atoms with Crippen LogP contribution in [0, 0.1) is 6.92 Å². The third-order valence-electron chi connectivity index (χ3n) is 4.18. The van der Waals surface area contributed by atoms with Crippen LogP contribution in [0.5, 0.6) is 0 Å². The minimum absolute atomic E-state index is 1.00. The molecule has 0 aliphatic rings. The summed E-state index contributed by atoms with van der Waals surface area (Å²) in [5.41, 5.74) is 7.87. The fourth-order valence-electron chi connectivity index (χ4n) is 3.00. The van der Waals surface area contributed by atoms with Crippen molar-refractivity contribution in [3.8, 4) is 0 Å². The molecule has 0 N–H and O–H groups in total. The van der Waals surface area contributed by atoms with Crippen LogP contribution in [0.1, 0.15) is 35.6 Å². The van der Waals surface area contributed by atoms with Crippen LogP contribution in [-0.2, 0) is 0 Å². The predicted molar refractivity (Wildman–Crippen MR) is 100 cm³/mol. The van der Waals surface area contributed by atoms with Crippen molar-refractivity contribution in [2.75, 3.05) is 0 Å². The van der Waals surface area contributed by atoms with Crippen molar-refractivity contribution >= 4 is 11.1 Å². The highest BCUT2D eigenvalue weighted by Crippen LogP contribution is 2.34. The van der Waals surface area contributed by atoms with Gasteiger partial charge in [0.15, 0.2) is 0 Å². The van der Waals surface area contributed by atoms with Gasteiger partial charge in [-0.2, -0.15) is 0 Å². The lowest BCUT2D eigenvalue weighted by Gasteiger charge is -2.16. The van der Waals surface area contributed by atoms with Crippen molar-refractivity contribution in [1.82, 2.24) is 0 Å². The van der Waals surface area contributed by atoms with Crippen LogP contribution in [-0.4, -0.2) is 0 Å². The maximum absolute atomic E-state index is 2.24. The first kappa shape index (κ1) is 15.3. The van der Waals surface area contributed by atoms with Gasteiger partial charge in [-0.1, -0.05) is 97.4 Å². The largest absolute Gasteiger partial charge is 0.0622 e. The number of benzene rings is 3. The molecule has 0 spiro atoms. The zero-order chi connectivity index (χ0) is 16.1. The zero-order valence-corrected chi connectivity index (χ0v) is 13.8. The average Bonchev–Trinajstić information content (AvgIpc) is 2.62. The minimum atomic E-state index is 1.00. The molecule has 0 saturated heterocycles. The molecule has 0 heterocycles. The van der Waals surface area contributed by atoms with Crippen molar-refractivity contribution in [2.45, 2.75) is 20.3 Å². The molecule has 0 bridgehead atoms. The molecule has 0 heteroatoms. The molecule has 3 aromatic carbocycles. The summed E-state index contributed by atoms with van der Waals surface area (Å²) in [6, 6.07) is 30.3. The summed E-state index contributed by atoms with van der Waals surface area (Å²) in [6.07, 6.45) is 1.00. The Labute approximate surface area is 139 Å². The van der Waals surface area contributed by atoms with Gasteiger partial charge in [0.2, 0.25) is 0 Å². The molecular formula is C23H22. The molecule has 0 aromatic heterocycles. The van der Waals surface area contributed by atoms with Crippen molar-refractivity contribution in [3.63, 3.8) is 0 Å². The molecule has 0 radical (unpaired) electrons. The lowest BCUT2D eigenvalue weighted by atomic mass is 9.88. The summed E-state index contributed by atoms with van der Waals surface area (Å²) >= 11 is 0. The highest BCUT2D eigenvalue weighted by atomic mass is 14.2. The van der Waals surface area contributed by atoms with Gasteiger partial charge in [0.05, 0.1) is 0 Å². The number of hydrogen-bond donors (Lipinski definition) is 0. The van der Waals surface area contributed by atoms with E-state index in [0.717, 1.165) is 6.42 Å². The molecule has 0 fully saturated rings. The van der Waals surface area contributed by atoms with Gasteiger partial charge < -0.3 is 0 Å². The normalized spacial score (nSPS) is 11.9. The molecule has 0 aliphatic carbocycles. The van der Waals surface area contributed by atoms with E-state index >= 15 is 0 Å². The Hall–Kier alpha value is -2.60. The molecule has 3 rings (SSSR count). The Balaban J connectivity index is 2.26. The van der Waals surface area contributed by atoms with Crippen LogP contribution in [0.4, 0.5) is 0 Å². The standard InChI is InChI=1S/C23H22/c1-3-22(19-10-6-4-7-11-19)23(20-12-8-5-9-13-20)21-16-14-18(2)15-17-21/h4-17H,3H2,1-2H3. The van der Waals surface area contributed by atoms with Crippen LogP contribution in [0.25, 0.3) is 11.1 Å². The number of aryl methyl sites for hydroxylation is 1. The Bertz CT molecular complexity index is 778. The number of allylic oxidation sites excluding steroid dienone is 1. The van der Waals surface area contributed by atoms with E-state index in [2.05, 4.69) is 98.8 Å². The van der Waals surface area contributed by atoms with Gasteiger partial charge in [-0.15, -0.1) is 0 Å². The highest BCUT2D eigenvalue weighted by Gasteiger charge is 2.12. The fourth-order valence-corrected chi connectivity index (χ4v) is 3.00. The second-order valence-electron chi connectivity index (χ2n) is 5.81. The SMILES string of the molecule is CCC(=C(c1ccccc1)c1ccc(C)cc1)c1ccccc1. The van der Waals surface area contributed by atoms with Crippen LogP contribution in [0.3, 0.4) is 0 Å². The second-order valence-corrected chi connectivity index (χ2v) is 5.81. The van der Waals surface area contributed by atoms with Gasteiger partial charge in [0.25, 0.3) is 0 Å². The smallest absolute Gasteiger partial charge is 0.00735 e. The van der Waals surface area contributed by atoms with E-state index in [-0.39, 0.29) is 0 Å². The van der Waals surface area contributed by atoms with Crippen molar-refractivity contribution in [3.05, 3.63) is 107 Å². The Morgan fingerprint density at radius 2 is 1.09 bits per heavy atom. The van der Waals surface area contributed by atoms with Crippen LogP contribution in [0.15, 0.2) is 84.9 Å². The zero-order valence-electron chi connectivity index (χ0n) is 13.8. The van der Waals surface area contributed by atoms with Gasteiger partial charge in [-0.05, 0) is 41.2 Å². The summed E-state index contributed by atoms with van der Waals surface area (Å²) in [6.45, 7) is 4.37. The Kier molecular flexibility index (Phi) is 4.73. The Morgan fingerprint density at radius 1 is 0.609 bits per heavy atom. The van der Waals surface area contributed by atoms with Crippen molar-refractivity contribution in [2.24, 2.45) is 0 Å². The van der Waals surface area contributed by atoms with E-state index in [1.54, 1.807) is 0 Å². The summed E-state index contributed by atoms with van der Waals surface area (Å²) in [5, 5.41) is 0. The molecule has 0 amide bonds. The van der Waals surface area contributed by atoms with E-state index in [9.17, 15) is 0 Å². The molecule has 3 aromatic rings. The van der Waals surface area contributed by atoms with Crippen LogP contribution in [0.2, 0.25) is 0 Å². The molecule has 0 unspecified atom stereocenters. The number of rotatable bonds is 4. The molecule has 114 valence electrons. The van der Waals surface area contributed by atoms with E-state index in [0.29, 0.717) is 0 Å². The van der Waals surface area contributed by atoms with E-state index in [1.165, 1.54) is 33.4 Å². The van der Waals surface area contributed by atoms with Crippen LogP contribution >= 0.6 is 0 Å². The summed E-state index contributed by atoms with van der Waals surface area (Å²) in [7, 11) is 0. The first-order valence-corrected chi connectivity index (χ1v) is 8.20. The molecule has 0 aliphatic heterocycles. The minimum Gasteiger partial charge on any atom is -0.0622 e. The molecule has 23 heavy (non-hydrogen) atoms. The van der Waals surface area contributed by atoms with Gasteiger partial charge in [-0.3, -0.25) is 0 Å². The maximum atomic E-state index is 2.24. The third-order valence-corrected chi connectivity index (χ3v) is 4.18. The first-order chi connectivity index (χ1) is 11.3. The van der Waals surface area contributed by atoms with Gasteiger partial charge in [0.1, 0.15) is 0 Å². The second kappa shape index (κ2) is 7.11. The molecule has 0 nitrogen and oxygen atoms in total. The quantitative estimate of drug-likeness (QED) is 0.491. The van der Waals surface area contributed by atoms with Gasteiger partial charge in [0, 0.05) is 0 Å². The van der Waals surface area contributed by atoms with Gasteiger partial charge >= 0.3 is 0 Å². The van der Waals surface area contributed by atoms with Crippen molar-refractivity contribution < 1.29 is 0 Å². The van der Waals surface area contributed by atoms with Crippen LogP contribution < -0.4 is 0 Å². The summed E-state index contributed by atoms with van der Waals surface area (Å²) in [4.78, 5) is 0. The maximum Gasteiger partial charge on any atom is -0.00735 e.